The molecule has 0 aliphatic heterocycles. The van der Waals surface area contributed by atoms with Gasteiger partial charge < -0.3 is 5.11 Å². The van der Waals surface area contributed by atoms with E-state index in [0.717, 1.165) is 0 Å². The molecule has 3 nitrogen and oxygen atoms in total. The number of alkyl halides is 8. The second-order valence-electron chi connectivity index (χ2n) is 5.50. The molecule has 1 heterocycles. The number of rotatable bonds is 3. The fourth-order valence-corrected chi connectivity index (χ4v) is 2.52. The van der Waals surface area contributed by atoms with E-state index in [9.17, 15) is 40.2 Å². The second-order valence-corrected chi connectivity index (χ2v) is 5.50. The zero-order valence-electron chi connectivity index (χ0n) is 11.6. The number of aliphatic hydroxyl groups is 1. The van der Waals surface area contributed by atoms with Crippen LogP contribution in [-0.4, -0.2) is 26.7 Å². The van der Waals surface area contributed by atoms with E-state index in [0.29, 0.717) is 11.6 Å². The van der Waals surface area contributed by atoms with Crippen molar-refractivity contribution in [3.8, 4) is 0 Å². The van der Waals surface area contributed by atoms with Gasteiger partial charge in [0.1, 0.15) is 6.10 Å². The van der Waals surface area contributed by atoms with Crippen molar-refractivity contribution in [1.29, 1.82) is 0 Å². The summed E-state index contributed by atoms with van der Waals surface area (Å²) >= 11 is 0. The molecule has 0 aromatic carbocycles. The van der Waals surface area contributed by atoms with Crippen LogP contribution in [0, 0.1) is 0 Å². The molecule has 3 atom stereocenters. The number of fused-ring (bicyclic) bond motifs is 1. The lowest BCUT2D eigenvalue weighted by atomic mass is 10.0. The first-order valence-electron chi connectivity index (χ1n) is 6.52. The minimum atomic E-state index is -5.10. The van der Waals surface area contributed by atoms with Crippen molar-refractivity contribution in [3.05, 3.63) is 17.0 Å². The third-order valence-corrected chi connectivity index (χ3v) is 3.67. The predicted molar refractivity (Wildman–Crippen MR) is 60.8 cm³/mol. The molecule has 0 bridgehead atoms. The number of hydrogen-bond donors (Lipinski definition) is 1. The van der Waals surface area contributed by atoms with Crippen molar-refractivity contribution >= 4 is 0 Å². The highest BCUT2D eigenvalue weighted by Gasteiger charge is 2.58. The van der Waals surface area contributed by atoms with E-state index in [1.807, 2.05) is 0 Å². The van der Waals surface area contributed by atoms with Gasteiger partial charge in [0.15, 0.2) is 17.5 Å². The van der Waals surface area contributed by atoms with E-state index < -0.39 is 66.6 Å². The van der Waals surface area contributed by atoms with Crippen molar-refractivity contribution in [2.45, 2.75) is 56.6 Å². The minimum absolute atomic E-state index is 0.364. The number of aromatic nitrogens is 2. The van der Waals surface area contributed by atoms with Crippen LogP contribution < -0.4 is 0 Å². The molecule has 0 fully saturated rings. The summed E-state index contributed by atoms with van der Waals surface area (Å²) in [5, 5.41) is 12.7. The first-order valence-corrected chi connectivity index (χ1v) is 6.52. The standard InChI is InChI=1S/C12H12F8N2O/c1-10(14)7(13)6-5(9(10)23)8(12(18,19)20)21-22(6)4-2-3-11(15,16)17/h7,9,23H,2-4H2,1H3/t7-,9+,10?/m1/s1. The van der Waals surface area contributed by atoms with Crippen LogP contribution in [-0.2, 0) is 12.7 Å². The molecule has 1 aromatic heterocycles. The predicted octanol–water partition coefficient (Wildman–Crippen LogP) is 4.03. The quantitative estimate of drug-likeness (QED) is 0.834. The molecule has 0 saturated heterocycles. The normalized spacial score (nSPS) is 28.3. The van der Waals surface area contributed by atoms with Crippen LogP contribution in [0.25, 0.3) is 0 Å². The van der Waals surface area contributed by atoms with E-state index in [2.05, 4.69) is 5.10 Å². The zero-order chi connectivity index (χ0) is 17.8. The van der Waals surface area contributed by atoms with Crippen LogP contribution in [0.5, 0.6) is 0 Å². The van der Waals surface area contributed by atoms with Crippen LogP contribution in [0.4, 0.5) is 35.1 Å². The van der Waals surface area contributed by atoms with Crippen LogP contribution in [0.1, 0.15) is 49.0 Å². The summed E-state index contributed by atoms with van der Waals surface area (Å²) in [6.07, 6.45) is -16.6. The maximum atomic E-state index is 14.1. The summed E-state index contributed by atoms with van der Waals surface area (Å²) in [5.74, 6) is 0. The summed E-state index contributed by atoms with van der Waals surface area (Å²) in [5.41, 5.74) is -6.62. The number of halogens is 8. The molecule has 11 heteroatoms. The smallest absolute Gasteiger partial charge is 0.385 e. The Morgan fingerprint density at radius 3 is 2.26 bits per heavy atom. The SMILES string of the molecule is CC1(F)[C@H](F)c2c(c(C(F)(F)F)nn2CCCC(F)(F)F)[C@@H]1O. The lowest BCUT2D eigenvalue weighted by Gasteiger charge is -2.22. The highest BCUT2D eigenvalue weighted by molar-refractivity contribution is 5.41. The molecule has 0 saturated carbocycles. The Hall–Kier alpha value is -1.39. The Labute approximate surface area is 124 Å². The first-order chi connectivity index (χ1) is 10.3. The first kappa shape index (κ1) is 18.0. The molecular weight excluding hydrogens is 340 g/mol. The van der Waals surface area contributed by atoms with Gasteiger partial charge >= 0.3 is 12.4 Å². The Kier molecular flexibility index (Phi) is 4.15. The zero-order valence-corrected chi connectivity index (χ0v) is 11.6. The monoisotopic (exact) mass is 352 g/mol. The summed E-state index contributed by atoms with van der Waals surface area (Å²) in [7, 11) is 0. The van der Waals surface area contributed by atoms with Gasteiger partial charge in [0.05, 0.1) is 5.69 Å². The van der Waals surface area contributed by atoms with E-state index in [4.69, 9.17) is 0 Å². The largest absolute Gasteiger partial charge is 0.435 e. The summed E-state index contributed by atoms with van der Waals surface area (Å²) in [6, 6.07) is 0. The molecule has 0 amide bonds. The molecule has 0 spiro atoms. The molecule has 2 rings (SSSR count). The fourth-order valence-electron chi connectivity index (χ4n) is 2.52. The minimum Gasteiger partial charge on any atom is -0.385 e. The van der Waals surface area contributed by atoms with Crippen LogP contribution in [0.3, 0.4) is 0 Å². The average molecular weight is 352 g/mol. The summed E-state index contributed by atoms with van der Waals surface area (Å²) < 4.78 is 104. The van der Waals surface area contributed by atoms with E-state index >= 15 is 0 Å². The second kappa shape index (κ2) is 5.32. The van der Waals surface area contributed by atoms with E-state index in [-0.39, 0.29) is 0 Å². The van der Waals surface area contributed by atoms with Crippen molar-refractivity contribution in [2.75, 3.05) is 0 Å². The van der Waals surface area contributed by atoms with Crippen molar-refractivity contribution in [1.82, 2.24) is 9.78 Å². The van der Waals surface area contributed by atoms with Crippen LogP contribution in [0.15, 0.2) is 0 Å². The van der Waals surface area contributed by atoms with Crippen LogP contribution >= 0.6 is 0 Å². The molecule has 0 radical (unpaired) electrons. The van der Waals surface area contributed by atoms with Gasteiger partial charge in [0.2, 0.25) is 0 Å². The maximum Gasteiger partial charge on any atom is 0.435 e. The molecular formula is C12H12F8N2O. The van der Waals surface area contributed by atoms with Crippen molar-refractivity contribution in [3.63, 3.8) is 0 Å². The number of aliphatic hydroxyl groups excluding tert-OH is 1. The van der Waals surface area contributed by atoms with Crippen molar-refractivity contribution < 1.29 is 40.2 Å². The van der Waals surface area contributed by atoms with Gasteiger partial charge in [-0.3, -0.25) is 4.68 Å². The van der Waals surface area contributed by atoms with Gasteiger partial charge in [0.25, 0.3) is 0 Å². The van der Waals surface area contributed by atoms with Crippen molar-refractivity contribution in [2.24, 2.45) is 0 Å². The highest BCUT2D eigenvalue weighted by Crippen LogP contribution is 2.54. The highest BCUT2D eigenvalue weighted by atomic mass is 19.4. The van der Waals surface area contributed by atoms with Gasteiger partial charge in [-0.25, -0.2) is 8.78 Å². The van der Waals surface area contributed by atoms with Gasteiger partial charge in [-0.05, 0) is 13.3 Å². The Morgan fingerprint density at radius 2 is 1.78 bits per heavy atom. The van der Waals surface area contributed by atoms with E-state index in [1.54, 1.807) is 0 Å². The topological polar surface area (TPSA) is 38.0 Å². The molecule has 23 heavy (non-hydrogen) atoms. The van der Waals surface area contributed by atoms with Gasteiger partial charge in [0, 0.05) is 18.5 Å². The van der Waals surface area contributed by atoms with Crippen LogP contribution in [0.2, 0.25) is 0 Å². The molecule has 1 aliphatic rings. The molecule has 1 unspecified atom stereocenters. The lowest BCUT2D eigenvalue weighted by molar-refractivity contribution is -0.144. The average Bonchev–Trinajstić information content (AvgIpc) is 2.80. The Morgan fingerprint density at radius 1 is 1.22 bits per heavy atom. The molecule has 1 aromatic rings. The van der Waals surface area contributed by atoms with E-state index in [1.165, 1.54) is 0 Å². The third-order valence-electron chi connectivity index (χ3n) is 3.67. The maximum absolute atomic E-state index is 14.1. The lowest BCUT2D eigenvalue weighted by Crippen LogP contribution is -2.28. The molecule has 1 aliphatic carbocycles. The Bertz CT molecular complexity index is 589. The molecule has 1 N–H and O–H groups in total. The third kappa shape index (κ3) is 3.15. The Balaban J connectivity index is 2.41. The fraction of sp³-hybridized carbons (Fsp3) is 0.750. The summed E-state index contributed by atoms with van der Waals surface area (Å²) in [4.78, 5) is 0. The molecule has 132 valence electrons. The van der Waals surface area contributed by atoms with Gasteiger partial charge in [-0.2, -0.15) is 31.4 Å². The number of nitrogens with zero attached hydrogens (tertiary/aromatic N) is 2. The number of aryl methyl sites for hydroxylation is 1. The van der Waals surface area contributed by atoms with Gasteiger partial charge in [-0.1, -0.05) is 0 Å². The number of hydrogen-bond acceptors (Lipinski definition) is 2. The van der Waals surface area contributed by atoms with Gasteiger partial charge in [-0.15, -0.1) is 0 Å². The summed E-state index contributed by atoms with van der Waals surface area (Å²) in [6.45, 7) is -0.0936.